The zero-order chi connectivity index (χ0) is 12.7. The fraction of sp³-hybridized carbons (Fsp3) is 0.571. The maximum Gasteiger partial charge on any atom is 0.137 e. The number of nitrogens with two attached hydrogens (primary N) is 1. The Morgan fingerprint density at radius 1 is 1.24 bits per heavy atom. The number of halogens is 2. The summed E-state index contributed by atoms with van der Waals surface area (Å²) in [5, 5.41) is 0. The minimum atomic E-state index is -0.233. The minimum Gasteiger partial charge on any atom is -0.324 e. The summed E-state index contributed by atoms with van der Waals surface area (Å²) in [5.74, 6) is -0.233. The van der Waals surface area contributed by atoms with Gasteiger partial charge in [-0.05, 0) is 40.0 Å². The van der Waals surface area contributed by atoms with E-state index in [2.05, 4.69) is 22.9 Å². The largest absolute Gasteiger partial charge is 0.324 e. The number of hydrogen-bond acceptors (Lipinski definition) is 1. The van der Waals surface area contributed by atoms with E-state index in [1.807, 2.05) is 0 Å². The second-order valence-corrected chi connectivity index (χ2v) is 5.34. The molecule has 0 heterocycles. The van der Waals surface area contributed by atoms with Crippen LogP contribution in [0.2, 0.25) is 0 Å². The molecule has 0 saturated heterocycles. The summed E-state index contributed by atoms with van der Waals surface area (Å²) >= 11 is 3.19. The van der Waals surface area contributed by atoms with E-state index < -0.39 is 0 Å². The molecule has 0 bridgehead atoms. The third-order valence-corrected chi connectivity index (χ3v) is 3.60. The average molecular weight is 302 g/mol. The highest BCUT2D eigenvalue weighted by Crippen LogP contribution is 2.23. The summed E-state index contributed by atoms with van der Waals surface area (Å²) in [5.41, 5.74) is 7.09. The molecule has 0 amide bonds. The molecule has 1 atom stereocenters. The van der Waals surface area contributed by atoms with E-state index in [0.29, 0.717) is 4.47 Å². The van der Waals surface area contributed by atoms with E-state index in [1.165, 1.54) is 31.7 Å². The first-order valence-electron chi connectivity index (χ1n) is 6.35. The topological polar surface area (TPSA) is 26.0 Å². The fourth-order valence-corrected chi connectivity index (χ4v) is 2.27. The third-order valence-electron chi connectivity index (χ3n) is 2.99. The zero-order valence-electron chi connectivity index (χ0n) is 10.4. The summed E-state index contributed by atoms with van der Waals surface area (Å²) in [4.78, 5) is 0. The summed E-state index contributed by atoms with van der Waals surface area (Å²) in [7, 11) is 0. The van der Waals surface area contributed by atoms with Crippen molar-refractivity contribution in [1.29, 1.82) is 0 Å². The van der Waals surface area contributed by atoms with Gasteiger partial charge < -0.3 is 5.73 Å². The van der Waals surface area contributed by atoms with Crippen molar-refractivity contribution in [3.05, 3.63) is 34.1 Å². The van der Waals surface area contributed by atoms with Crippen molar-refractivity contribution < 1.29 is 4.39 Å². The number of rotatable bonds is 7. The van der Waals surface area contributed by atoms with Gasteiger partial charge in [0, 0.05) is 6.04 Å². The molecule has 2 N–H and O–H groups in total. The van der Waals surface area contributed by atoms with Crippen molar-refractivity contribution in [3.63, 3.8) is 0 Å². The number of hydrogen-bond donors (Lipinski definition) is 1. The van der Waals surface area contributed by atoms with Crippen molar-refractivity contribution in [2.24, 2.45) is 5.73 Å². The first kappa shape index (κ1) is 14.7. The molecule has 0 aliphatic heterocycles. The lowest BCUT2D eigenvalue weighted by Gasteiger charge is -2.12. The van der Waals surface area contributed by atoms with E-state index in [-0.39, 0.29) is 11.9 Å². The molecular formula is C14H21BrFN. The molecule has 1 aromatic carbocycles. The van der Waals surface area contributed by atoms with Crippen LogP contribution in [-0.2, 0) is 0 Å². The van der Waals surface area contributed by atoms with Crippen molar-refractivity contribution >= 4 is 15.9 Å². The van der Waals surface area contributed by atoms with Gasteiger partial charge in [-0.15, -0.1) is 0 Å². The van der Waals surface area contributed by atoms with Crippen LogP contribution in [0.3, 0.4) is 0 Å². The van der Waals surface area contributed by atoms with Crippen LogP contribution < -0.4 is 5.73 Å². The lowest BCUT2D eigenvalue weighted by Crippen LogP contribution is -2.10. The van der Waals surface area contributed by atoms with Gasteiger partial charge in [-0.2, -0.15) is 0 Å². The highest BCUT2D eigenvalue weighted by atomic mass is 79.9. The molecule has 1 aromatic rings. The summed E-state index contributed by atoms with van der Waals surface area (Å²) < 4.78 is 13.6. The van der Waals surface area contributed by atoms with Gasteiger partial charge in [0.1, 0.15) is 5.82 Å². The Kier molecular flexibility index (Phi) is 6.75. The Morgan fingerprint density at radius 3 is 2.59 bits per heavy atom. The molecular weight excluding hydrogens is 281 g/mol. The maximum absolute atomic E-state index is 13.1. The van der Waals surface area contributed by atoms with Crippen LogP contribution in [0, 0.1) is 5.82 Å². The summed E-state index contributed by atoms with van der Waals surface area (Å²) in [6, 6.07) is 5.05. The van der Waals surface area contributed by atoms with Crippen LogP contribution in [0.15, 0.2) is 22.7 Å². The smallest absolute Gasteiger partial charge is 0.137 e. The maximum atomic E-state index is 13.1. The molecule has 1 nitrogen and oxygen atoms in total. The van der Waals surface area contributed by atoms with Crippen LogP contribution >= 0.6 is 15.9 Å². The molecule has 1 rings (SSSR count). The lowest BCUT2D eigenvalue weighted by molar-refractivity contribution is 0.553. The average Bonchev–Trinajstić information content (AvgIpc) is 2.32. The highest BCUT2D eigenvalue weighted by molar-refractivity contribution is 9.10. The van der Waals surface area contributed by atoms with Gasteiger partial charge in [0.05, 0.1) is 4.47 Å². The normalized spacial score (nSPS) is 12.7. The molecule has 0 saturated carbocycles. The van der Waals surface area contributed by atoms with Crippen LogP contribution in [0.5, 0.6) is 0 Å². The highest BCUT2D eigenvalue weighted by Gasteiger charge is 2.08. The van der Waals surface area contributed by atoms with E-state index in [4.69, 9.17) is 5.73 Å². The van der Waals surface area contributed by atoms with Gasteiger partial charge in [0.2, 0.25) is 0 Å². The van der Waals surface area contributed by atoms with Gasteiger partial charge in [0.25, 0.3) is 0 Å². The van der Waals surface area contributed by atoms with Crippen molar-refractivity contribution in [2.75, 3.05) is 0 Å². The molecule has 0 aromatic heterocycles. The Morgan fingerprint density at radius 2 is 1.94 bits per heavy atom. The SMILES string of the molecule is CCCCCCCC(N)c1ccc(F)c(Br)c1. The summed E-state index contributed by atoms with van der Waals surface area (Å²) in [6.07, 6.45) is 7.21. The Labute approximate surface area is 112 Å². The van der Waals surface area contributed by atoms with Gasteiger partial charge in [-0.25, -0.2) is 4.39 Å². The van der Waals surface area contributed by atoms with Gasteiger partial charge in [0.15, 0.2) is 0 Å². The van der Waals surface area contributed by atoms with E-state index >= 15 is 0 Å². The predicted octanol–water partition coefficient (Wildman–Crippen LogP) is 4.95. The van der Waals surface area contributed by atoms with Gasteiger partial charge in [-0.3, -0.25) is 0 Å². The van der Waals surface area contributed by atoms with Crippen LogP contribution in [-0.4, -0.2) is 0 Å². The molecule has 96 valence electrons. The summed E-state index contributed by atoms with van der Waals surface area (Å²) in [6.45, 7) is 2.21. The van der Waals surface area contributed by atoms with E-state index in [9.17, 15) is 4.39 Å². The van der Waals surface area contributed by atoms with Crippen molar-refractivity contribution in [1.82, 2.24) is 0 Å². The lowest BCUT2D eigenvalue weighted by atomic mass is 10.0. The van der Waals surface area contributed by atoms with Gasteiger partial charge >= 0.3 is 0 Å². The molecule has 0 fully saturated rings. The Balaban J connectivity index is 2.36. The molecule has 1 unspecified atom stereocenters. The zero-order valence-corrected chi connectivity index (χ0v) is 12.0. The molecule has 0 radical (unpaired) electrons. The Hall–Kier alpha value is -0.410. The fourth-order valence-electron chi connectivity index (χ4n) is 1.88. The van der Waals surface area contributed by atoms with Crippen LogP contribution in [0.25, 0.3) is 0 Å². The first-order chi connectivity index (χ1) is 8.15. The minimum absolute atomic E-state index is 0.0218. The number of benzene rings is 1. The second-order valence-electron chi connectivity index (χ2n) is 4.48. The van der Waals surface area contributed by atoms with Crippen LogP contribution in [0.1, 0.15) is 57.1 Å². The van der Waals surface area contributed by atoms with Crippen molar-refractivity contribution in [3.8, 4) is 0 Å². The quantitative estimate of drug-likeness (QED) is 0.709. The molecule has 17 heavy (non-hydrogen) atoms. The van der Waals surface area contributed by atoms with Crippen LogP contribution in [0.4, 0.5) is 4.39 Å². The van der Waals surface area contributed by atoms with Crippen molar-refractivity contribution in [2.45, 2.75) is 51.5 Å². The third kappa shape index (κ3) is 5.17. The molecule has 3 heteroatoms. The molecule has 0 spiro atoms. The molecule has 0 aliphatic carbocycles. The standard InChI is InChI=1S/C14H21BrFN/c1-2-3-4-5-6-7-14(17)11-8-9-13(16)12(15)10-11/h8-10,14H,2-7,17H2,1H3. The second kappa shape index (κ2) is 7.83. The number of unbranched alkanes of at least 4 members (excludes halogenated alkanes) is 4. The van der Waals surface area contributed by atoms with E-state index in [0.717, 1.165) is 18.4 Å². The Bertz CT molecular complexity index is 341. The first-order valence-corrected chi connectivity index (χ1v) is 7.15. The van der Waals surface area contributed by atoms with E-state index in [1.54, 1.807) is 12.1 Å². The van der Waals surface area contributed by atoms with Gasteiger partial charge in [-0.1, -0.05) is 45.1 Å². The molecule has 0 aliphatic rings. The monoisotopic (exact) mass is 301 g/mol. The predicted molar refractivity (Wildman–Crippen MR) is 74.4 cm³/mol.